The monoisotopic (exact) mass is 252 g/mol. The normalized spacial score (nSPS) is 12.1. The Morgan fingerprint density at radius 1 is 1.29 bits per heavy atom. The molecule has 96 valence electrons. The Kier molecular flexibility index (Phi) is 5.44. The second-order valence-electron chi connectivity index (χ2n) is 5.84. The number of thioether (sulfide) groups is 1. The molecule has 0 aliphatic carbocycles. The summed E-state index contributed by atoms with van der Waals surface area (Å²) in [5, 5.41) is 0. The van der Waals surface area contributed by atoms with Crippen LogP contribution in [0.25, 0.3) is 0 Å². The van der Waals surface area contributed by atoms with Crippen LogP contribution in [0.2, 0.25) is 0 Å². The van der Waals surface area contributed by atoms with Gasteiger partial charge in [0.05, 0.1) is 0 Å². The largest absolute Gasteiger partial charge is 0.241 e. The third kappa shape index (κ3) is 5.53. The van der Waals surface area contributed by atoms with Gasteiger partial charge in [0.25, 0.3) is 0 Å². The summed E-state index contributed by atoms with van der Waals surface area (Å²) in [6.07, 6.45) is 2.93. The van der Waals surface area contributed by atoms with E-state index in [1.54, 1.807) is 0 Å². The fourth-order valence-corrected chi connectivity index (χ4v) is 2.38. The van der Waals surface area contributed by atoms with Crippen LogP contribution in [0, 0.1) is 5.92 Å². The molecule has 0 aromatic carbocycles. The van der Waals surface area contributed by atoms with Crippen molar-refractivity contribution in [3.05, 3.63) is 23.8 Å². The molecule has 0 unspecified atom stereocenters. The van der Waals surface area contributed by atoms with E-state index in [9.17, 15) is 0 Å². The lowest BCUT2D eigenvalue weighted by molar-refractivity contribution is 0.541. The maximum atomic E-state index is 4.64. The molecule has 0 radical (unpaired) electrons. The smallest absolute Gasteiger partial charge is 0.133 e. The topological polar surface area (TPSA) is 25.8 Å². The molecule has 1 aromatic rings. The van der Waals surface area contributed by atoms with E-state index in [0.29, 0.717) is 0 Å². The van der Waals surface area contributed by atoms with Crippen LogP contribution in [0.1, 0.15) is 46.1 Å². The molecule has 17 heavy (non-hydrogen) atoms. The lowest BCUT2D eigenvalue weighted by Gasteiger charge is -2.16. The zero-order chi connectivity index (χ0) is 12.9. The molecule has 0 atom stereocenters. The number of hydrogen-bond donors (Lipinski definition) is 0. The molecular weight excluding hydrogens is 228 g/mol. The third-order valence-electron chi connectivity index (χ3n) is 2.34. The van der Waals surface area contributed by atoms with Crippen LogP contribution in [0.5, 0.6) is 0 Å². The minimum absolute atomic E-state index is 0.0427. The lowest BCUT2D eigenvalue weighted by Crippen LogP contribution is -2.16. The quantitative estimate of drug-likeness (QED) is 0.747. The van der Waals surface area contributed by atoms with Gasteiger partial charge in [-0.1, -0.05) is 34.6 Å². The molecule has 0 N–H and O–H groups in total. The van der Waals surface area contributed by atoms with Crippen LogP contribution < -0.4 is 0 Å². The summed E-state index contributed by atoms with van der Waals surface area (Å²) in [4.78, 5) is 8.99. The van der Waals surface area contributed by atoms with Crippen LogP contribution in [-0.2, 0) is 11.8 Å². The molecule has 0 fully saturated rings. The SMILES string of the molecule is CC(C)CSCCc1ccnc(C(C)(C)C)n1. The van der Waals surface area contributed by atoms with Gasteiger partial charge in [-0.3, -0.25) is 0 Å². The average molecular weight is 252 g/mol. The van der Waals surface area contributed by atoms with Crippen molar-refractivity contribution in [3.8, 4) is 0 Å². The molecule has 0 saturated carbocycles. The van der Waals surface area contributed by atoms with Gasteiger partial charge in [0.2, 0.25) is 0 Å². The molecule has 1 rings (SSSR count). The summed E-state index contributed by atoms with van der Waals surface area (Å²) >= 11 is 2.01. The molecule has 0 spiro atoms. The molecule has 0 amide bonds. The molecular formula is C14H24N2S. The minimum Gasteiger partial charge on any atom is -0.241 e. The van der Waals surface area contributed by atoms with Crippen molar-refractivity contribution < 1.29 is 0 Å². The maximum absolute atomic E-state index is 4.64. The second kappa shape index (κ2) is 6.39. The van der Waals surface area contributed by atoms with Crippen LogP contribution >= 0.6 is 11.8 Å². The van der Waals surface area contributed by atoms with E-state index in [0.717, 1.165) is 23.9 Å². The van der Waals surface area contributed by atoms with Gasteiger partial charge in [-0.15, -0.1) is 0 Å². The molecule has 1 heterocycles. The maximum Gasteiger partial charge on any atom is 0.133 e. The highest BCUT2D eigenvalue weighted by atomic mass is 32.2. The Bertz CT molecular complexity index is 342. The summed E-state index contributed by atoms with van der Waals surface area (Å²) < 4.78 is 0. The Hall–Kier alpha value is -0.570. The van der Waals surface area contributed by atoms with Crippen LogP contribution in [0.4, 0.5) is 0 Å². The number of aromatic nitrogens is 2. The van der Waals surface area contributed by atoms with Gasteiger partial charge < -0.3 is 0 Å². The summed E-state index contributed by atoms with van der Waals surface area (Å²) in [5.74, 6) is 4.11. The molecule has 3 heteroatoms. The predicted molar refractivity (Wildman–Crippen MR) is 76.6 cm³/mol. The Balaban J connectivity index is 2.49. The van der Waals surface area contributed by atoms with Crippen LogP contribution in [0.3, 0.4) is 0 Å². The van der Waals surface area contributed by atoms with Gasteiger partial charge in [-0.2, -0.15) is 11.8 Å². The van der Waals surface area contributed by atoms with E-state index in [2.05, 4.69) is 44.6 Å². The predicted octanol–water partition coefficient (Wildman–Crippen LogP) is 3.71. The third-order valence-corrected chi connectivity index (χ3v) is 3.73. The summed E-state index contributed by atoms with van der Waals surface area (Å²) in [6, 6.07) is 2.03. The second-order valence-corrected chi connectivity index (χ2v) is 6.99. The fourth-order valence-electron chi connectivity index (χ4n) is 1.39. The first-order valence-corrected chi connectivity index (χ1v) is 7.45. The fraction of sp³-hybridized carbons (Fsp3) is 0.714. The number of hydrogen-bond acceptors (Lipinski definition) is 3. The Morgan fingerprint density at radius 2 is 2.00 bits per heavy atom. The van der Waals surface area contributed by atoms with Gasteiger partial charge in [0.15, 0.2) is 0 Å². The number of nitrogens with zero attached hydrogens (tertiary/aromatic N) is 2. The molecule has 0 bridgehead atoms. The van der Waals surface area contributed by atoms with Gasteiger partial charge in [0, 0.05) is 17.3 Å². The van der Waals surface area contributed by atoms with Crippen LogP contribution in [-0.4, -0.2) is 21.5 Å². The van der Waals surface area contributed by atoms with E-state index in [1.807, 2.05) is 24.0 Å². The van der Waals surface area contributed by atoms with E-state index in [1.165, 1.54) is 11.4 Å². The Labute approximate surface area is 110 Å². The number of aryl methyl sites for hydroxylation is 1. The first kappa shape index (κ1) is 14.5. The summed E-state index contributed by atoms with van der Waals surface area (Å²) in [6.45, 7) is 11.0. The molecule has 0 saturated heterocycles. The van der Waals surface area contributed by atoms with Crippen molar-refractivity contribution in [2.75, 3.05) is 11.5 Å². The van der Waals surface area contributed by atoms with Gasteiger partial charge in [-0.25, -0.2) is 9.97 Å². The van der Waals surface area contributed by atoms with Crippen LogP contribution in [0.15, 0.2) is 12.3 Å². The van der Waals surface area contributed by atoms with Gasteiger partial charge >= 0.3 is 0 Å². The summed E-state index contributed by atoms with van der Waals surface area (Å²) in [5.41, 5.74) is 1.21. The molecule has 2 nitrogen and oxygen atoms in total. The molecule has 1 aromatic heterocycles. The van der Waals surface area contributed by atoms with Gasteiger partial charge in [0.1, 0.15) is 5.82 Å². The first-order chi connectivity index (χ1) is 7.89. The minimum atomic E-state index is 0.0427. The highest BCUT2D eigenvalue weighted by Gasteiger charge is 2.17. The van der Waals surface area contributed by atoms with Crippen molar-refractivity contribution in [1.29, 1.82) is 0 Å². The van der Waals surface area contributed by atoms with E-state index >= 15 is 0 Å². The first-order valence-electron chi connectivity index (χ1n) is 6.29. The molecule has 0 aliphatic rings. The van der Waals surface area contributed by atoms with Gasteiger partial charge in [-0.05, 0) is 29.9 Å². The van der Waals surface area contributed by atoms with Crippen molar-refractivity contribution in [2.24, 2.45) is 5.92 Å². The summed E-state index contributed by atoms with van der Waals surface area (Å²) in [7, 11) is 0. The van der Waals surface area contributed by atoms with E-state index in [-0.39, 0.29) is 5.41 Å². The lowest BCUT2D eigenvalue weighted by atomic mass is 9.95. The Morgan fingerprint density at radius 3 is 2.59 bits per heavy atom. The standard InChI is InChI=1S/C14H24N2S/c1-11(2)10-17-9-7-12-6-8-15-13(16-12)14(3,4)5/h6,8,11H,7,9-10H2,1-5H3. The molecule has 0 aliphatic heterocycles. The van der Waals surface area contributed by atoms with Crippen molar-refractivity contribution in [3.63, 3.8) is 0 Å². The number of rotatable bonds is 5. The zero-order valence-corrected chi connectivity index (χ0v) is 12.5. The van der Waals surface area contributed by atoms with E-state index in [4.69, 9.17) is 0 Å². The van der Waals surface area contributed by atoms with E-state index < -0.39 is 0 Å². The van der Waals surface area contributed by atoms with Crippen molar-refractivity contribution >= 4 is 11.8 Å². The highest BCUT2D eigenvalue weighted by molar-refractivity contribution is 7.99. The van der Waals surface area contributed by atoms with Crippen molar-refractivity contribution in [1.82, 2.24) is 9.97 Å². The average Bonchev–Trinajstić information content (AvgIpc) is 2.23. The van der Waals surface area contributed by atoms with Crippen molar-refractivity contribution in [2.45, 2.75) is 46.5 Å². The highest BCUT2D eigenvalue weighted by Crippen LogP contribution is 2.18. The zero-order valence-electron chi connectivity index (χ0n) is 11.7.